The number of nitrogens with zero attached hydrogens (tertiary/aromatic N) is 1. The van der Waals surface area contributed by atoms with Crippen molar-refractivity contribution in [2.75, 3.05) is 11.9 Å². The molecule has 2 nitrogen and oxygen atoms in total. The zero-order valence-corrected chi connectivity index (χ0v) is 20.6. The molecule has 2 heteroatoms. The molecule has 0 fully saturated rings. The Balaban J connectivity index is 1.28. The minimum absolute atomic E-state index is 0.923. The second-order valence-electron chi connectivity index (χ2n) is 9.43. The quantitative estimate of drug-likeness (QED) is 0.252. The van der Waals surface area contributed by atoms with Crippen LogP contribution in [0.1, 0.15) is 0 Å². The third-order valence-electron chi connectivity index (χ3n) is 7.32. The van der Waals surface area contributed by atoms with E-state index >= 15 is 0 Å². The molecule has 0 saturated heterocycles. The van der Waals surface area contributed by atoms with Crippen molar-refractivity contribution in [3.05, 3.63) is 133 Å². The van der Waals surface area contributed by atoms with Gasteiger partial charge < -0.3 is 9.32 Å². The first-order valence-corrected chi connectivity index (χ1v) is 12.6. The van der Waals surface area contributed by atoms with Crippen molar-refractivity contribution in [2.45, 2.75) is 0 Å². The molecule has 0 aliphatic heterocycles. The number of hydrogen-bond donors (Lipinski definition) is 0. The molecule has 37 heavy (non-hydrogen) atoms. The highest BCUT2D eigenvalue weighted by molar-refractivity contribution is 6.09. The van der Waals surface area contributed by atoms with Crippen LogP contribution in [0.4, 0.5) is 11.4 Å². The predicted octanol–water partition coefficient (Wildman–Crippen LogP) is 9.84. The molecule has 7 rings (SSSR count). The normalized spacial score (nSPS) is 11.4. The number of hydrogen-bond acceptors (Lipinski definition) is 2. The molecule has 176 valence electrons. The smallest absolute Gasteiger partial charge is 0.143 e. The van der Waals surface area contributed by atoms with Gasteiger partial charge in [-0.2, -0.15) is 0 Å². The molecule has 0 aliphatic rings. The van der Waals surface area contributed by atoms with E-state index in [1.807, 2.05) is 12.1 Å². The lowest BCUT2D eigenvalue weighted by atomic mass is 9.96. The topological polar surface area (TPSA) is 16.4 Å². The van der Waals surface area contributed by atoms with Crippen LogP contribution in [0.2, 0.25) is 0 Å². The fraction of sp³-hybridized carbons (Fsp3) is 0.0286. The second kappa shape index (κ2) is 8.69. The third kappa shape index (κ3) is 3.57. The van der Waals surface area contributed by atoms with Gasteiger partial charge >= 0.3 is 0 Å². The van der Waals surface area contributed by atoms with Crippen molar-refractivity contribution < 1.29 is 4.42 Å². The fourth-order valence-electron chi connectivity index (χ4n) is 5.43. The van der Waals surface area contributed by atoms with E-state index in [9.17, 15) is 0 Å². The fourth-order valence-corrected chi connectivity index (χ4v) is 5.43. The Morgan fingerprint density at radius 1 is 0.486 bits per heavy atom. The summed E-state index contributed by atoms with van der Waals surface area (Å²) in [6, 6.07) is 47.1. The van der Waals surface area contributed by atoms with E-state index in [1.165, 1.54) is 27.6 Å². The molecule has 1 aromatic heterocycles. The summed E-state index contributed by atoms with van der Waals surface area (Å²) in [7, 11) is 2.14. The van der Waals surface area contributed by atoms with E-state index in [4.69, 9.17) is 4.42 Å². The van der Waals surface area contributed by atoms with Crippen LogP contribution >= 0.6 is 0 Å². The van der Waals surface area contributed by atoms with Crippen LogP contribution < -0.4 is 4.90 Å². The van der Waals surface area contributed by atoms with Crippen LogP contribution in [0.5, 0.6) is 0 Å². The zero-order chi connectivity index (χ0) is 24.8. The van der Waals surface area contributed by atoms with E-state index < -0.39 is 0 Å². The number of furan rings is 1. The Morgan fingerprint density at radius 2 is 1.11 bits per heavy atom. The summed E-state index contributed by atoms with van der Waals surface area (Å²) >= 11 is 0. The van der Waals surface area contributed by atoms with Gasteiger partial charge in [0.25, 0.3) is 0 Å². The number of para-hydroxylation sites is 3. The maximum absolute atomic E-state index is 6.27. The van der Waals surface area contributed by atoms with Crippen molar-refractivity contribution in [1.82, 2.24) is 0 Å². The SMILES string of the molecule is CN(c1ccc(-c2cccc3c2oc2ccccc23)cc1)c1ccccc1-c1cccc2ccccc12. The Bertz CT molecular complexity index is 1890. The Hall–Kier alpha value is -4.82. The van der Waals surface area contributed by atoms with Gasteiger partial charge in [-0.25, -0.2) is 0 Å². The van der Waals surface area contributed by atoms with Crippen LogP contribution in [0.3, 0.4) is 0 Å². The third-order valence-corrected chi connectivity index (χ3v) is 7.32. The van der Waals surface area contributed by atoms with E-state index in [1.54, 1.807) is 0 Å². The zero-order valence-electron chi connectivity index (χ0n) is 20.6. The largest absolute Gasteiger partial charge is 0.455 e. The van der Waals surface area contributed by atoms with E-state index in [2.05, 4.69) is 133 Å². The van der Waals surface area contributed by atoms with Gasteiger partial charge in [-0.05, 0) is 46.2 Å². The van der Waals surface area contributed by atoms with Crippen LogP contribution in [-0.4, -0.2) is 7.05 Å². The van der Waals surface area contributed by atoms with Crippen molar-refractivity contribution in [3.8, 4) is 22.3 Å². The maximum atomic E-state index is 6.27. The standard InChI is InChI=1S/C35H25NO/c1-36(33-18-6-4-13-30(33)29-16-8-11-24-10-2-3-12-27(24)29)26-22-20-25(21-23-26)28-15-9-17-32-31-14-5-7-19-34(31)37-35(28)32/h2-23H,1H3. The summed E-state index contributed by atoms with van der Waals surface area (Å²) in [5.74, 6) is 0. The van der Waals surface area contributed by atoms with Crippen molar-refractivity contribution in [3.63, 3.8) is 0 Å². The molecule has 0 N–H and O–H groups in total. The average Bonchev–Trinajstić information content (AvgIpc) is 3.36. The average molecular weight is 476 g/mol. The highest BCUT2D eigenvalue weighted by Gasteiger charge is 2.15. The van der Waals surface area contributed by atoms with Crippen LogP contribution in [0, 0.1) is 0 Å². The monoisotopic (exact) mass is 475 g/mol. The summed E-state index contributed by atoms with van der Waals surface area (Å²) in [5.41, 5.74) is 8.88. The summed E-state index contributed by atoms with van der Waals surface area (Å²) < 4.78 is 6.27. The number of fused-ring (bicyclic) bond motifs is 4. The first-order chi connectivity index (χ1) is 18.3. The minimum Gasteiger partial charge on any atom is -0.455 e. The molecule has 0 radical (unpaired) electrons. The van der Waals surface area contributed by atoms with Crippen molar-refractivity contribution >= 4 is 44.1 Å². The van der Waals surface area contributed by atoms with Gasteiger partial charge in [0.05, 0.1) is 0 Å². The van der Waals surface area contributed by atoms with E-state index in [0.717, 1.165) is 38.8 Å². The lowest BCUT2D eigenvalue weighted by molar-refractivity contribution is 0.670. The highest BCUT2D eigenvalue weighted by atomic mass is 16.3. The lowest BCUT2D eigenvalue weighted by Gasteiger charge is -2.23. The second-order valence-corrected chi connectivity index (χ2v) is 9.43. The molecule has 0 atom stereocenters. The molecular weight excluding hydrogens is 450 g/mol. The van der Waals surface area contributed by atoms with Crippen LogP contribution in [0.25, 0.3) is 55.0 Å². The summed E-state index contributed by atoms with van der Waals surface area (Å²) in [6.07, 6.45) is 0. The highest BCUT2D eigenvalue weighted by Crippen LogP contribution is 2.39. The van der Waals surface area contributed by atoms with Crippen molar-refractivity contribution in [1.29, 1.82) is 0 Å². The van der Waals surface area contributed by atoms with Gasteiger partial charge in [0.15, 0.2) is 0 Å². The first-order valence-electron chi connectivity index (χ1n) is 12.6. The van der Waals surface area contributed by atoms with Crippen LogP contribution in [-0.2, 0) is 0 Å². The van der Waals surface area contributed by atoms with Gasteiger partial charge in [-0.15, -0.1) is 0 Å². The summed E-state index contributed by atoms with van der Waals surface area (Å²) in [6.45, 7) is 0. The minimum atomic E-state index is 0.923. The first kappa shape index (κ1) is 21.5. The molecule has 0 amide bonds. The van der Waals surface area contributed by atoms with Crippen molar-refractivity contribution in [2.24, 2.45) is 0 Å². The Morgan fingerprint density at radius 3 is 2.00 bits per heavy atom. The molecule has 1 heterocycles. The number of anilines is 2. The molecule has 7 aromatic rings. The number of rotatable bonds is 4. The Kier molecular flexibility index (Phi) is 5.04. The molecule has 6 aromatic carbocycles. The molecular formula is C35H25NO. The summed E-state index contributed by atoms with van der Waals surface area (Å²) in [5, 5.41) is 4.82. The van der Waals surface area contributed by atoms with Gasteiger partial charge in [0.1, 0.15) is 11.2 Å². The lowest BCUT2D eigenvalue weighted by Crippen LogP contribution is -2.10. The molecule has 0 aliphatic carbocycles. The maximum Gasteiger partial charge on any atom is 0.143 e. The molecule has 0 spiro atoms. The number of benzene rings is 6. The van der Waals surface area contributed by atoms with Gasteiger partial charge in [0, 0.05) is 40.3 Å². The van der Waals surface area contributed by atoms with E-state index in [-0.39, 0.29) is 0 Å². The molecule has 0 unspecified atom stereocenters. The Labute approximate surface area is 216 Å². The predicted molar refractivity (Wildman–Crippen MR) is 157 cm³/mol. The summed E-state index contributed by atoms with van der Waals surface area (Å²) in [4.78, 5) is 2.27. The van der Waals surface area contributed by atoms with Gasteiger partial charge in [0.2, 0.25) is 0 Å². The molecule has 0 bridgehead atoms. The van der Waals surface area contributed by atoms with Gasteiger partial charge in [-0.3, -0.25) is 0 Å². The van der Waals surface area contributed by atoms with Gasteiger partial charge in [-0.1, -0.05) is 109 Å². The van der Waals surface area contributed by atoms with E-state index in [0.29, 0.717) is 0 Å². The van der Waals surface area contributed by atoms with Crippen LogP contribution in [0.15, 0.2) is 138 Å². The molecule has 0 saturated carbocycles.